The standard InChI is InChI=1S/C15H21NO/c1-11-7-6-8-14(12(11)2)15(17)13(3)16-9-4-5-10-16/h6-8,13H,4-5,9-10H2,1-3H3. The van der Waals surface area contributed by atoms with Crippen molar-refractivity contribution >= 4 is 5.78 Å². The predicted molar refractivity (Wildman–Crippen MR) is 70.5 cm³/mol. The van der Waals surface area contributed by atoms with E-state index < -0.39 is 0 Å². The first-order valence-corrected chi connectivity index (χ1v) is 6.45. The van der Waals surface area contributed by atoms with Crippen LogP contribution >= 0.6 is 0 Å². The van der Waals surface area contributed by atoms with Crippen molar-refractivity contribution < 1.29 is 4.79 Å². The molecule has 0 aliphatic carbocycles. The van der Waals surface area contributed by atoms with Gasteiger partial charge >= 0.3 is 0 Å². The monoisotopic (exact) mass is 231 g/mol. The van der Waals surface area contributed by atoms with Crippen molar-refractivity contribution in [2.24, 2.45) is 0 Å². The second-order valence-corrected chi connectivity index (χ2v) is 5.03. The van der Waals surface area contributed by atoms with Gasteiger partial charge in [-0.2, -0.15) is 0 Å². The molecule has 0 bridgehead atoms. The summed E-state index contributed by atoms with van der Waals surface area (Å²) in [4.78, 5) is 14.8. The Labute approximate surface area is 104 Å². The van der Waals surface area contributed by atoms with Gasteiger partial charge in [-0.05, 0) is 57.8 Å². The number of carbonyl (C=O) groups excluding carboxylic acids is 1. The summed E-state index contributed by atoms with van der Waals surface area (Å²) in [5.41, 5.74) is 3.22. The van der Waals surface area contributed by atoms with Gasteiger partial charge in [-0.15, -0.1) is 0 Å². The van der Waals surface area contributed by atoms with E-state index in [1.807, 2.05) is 26.0 Å². The number of carbonyl (C=O) groups is 1. The molecular formula is C15H21NO. The fourth-order valence-corrected chi connectivity index (χ4v) is 2.54. The Bertz CT molecular complexity index is 419. The predicted octanol–water partition coefficient (Wildman–Crippen LogP) is 2.97. The third kappa shape index (κ3) is 2.42. The van der Waals surface area contributed by atoms with Crippen LogP contribution < -0.4 is 0 Å². The Morgan fingerprint density at radius 3 is 2.53 bits per heavy atom. The molecule has 0 aromatic heterocycles. The maximum atomic E-state index is 12.5. The molecule has 0 saturated carbocycles. The van der Waals surface area contributed by atoms with Gasteiger partial charge in [0.25, 0.3) is 0 Å². The van der Waals surface area contributed by atoms with Crippen LogP contribution in [0.4, 0.5) is 0 Å². The van der Waals surface area contributed by atoms with Gasteiger partial charge in [0.1, 0.15) is 0 Å². The van der Waals surface area contributed by atoms with Crippen molar-refractivity contribution in [2.75, 3.05) is 13.1 Å². The van der Waals surface area contributed by atoms with E-state index in [-0.39, 0.29) is 11.8 Å². The Morgan fingerprint density at radius 1 is 1.24 bits per heavy atom. The molecule has 1 aromatic carbocycles. The van der Waals surface area contributed by atoms with Crippen LogP contribution in [0.15, 0.2) is 18.2 Å². The van der Waals surface area contributed by atoms with E-state index in [9.17, 15) is 4.79 Å². The number of Topliss-reactive ketones (excluding diaryl/α,β-unsaturated/α-hetero) is 1. The lowest BCUT2D eigenvalue weighted by atomic mass is 9.96. The minimum Gasteiger partial charge on any atom is -0.294 e. The molecular weight excluding hydrogens is 210 g/mol. The molecule has 0 radical (unpaired) electrons. The molecule has 1 aliphatic rings. The molecule has 1 fully saturated rings. The van der Waals surface area contributed by atoms with E-state index in [1.165, 1.54) is 18.4 Å². The minimum absolute atomic E-state index is 0.0259. The molecule has 1 unspecified atom stereocenters. The second-order valence-electron chi connectivity index (χ2n) is 5.03. The SMILES string of the molecule is Cc1cccc(C(=O)C(C)N2CCCC2)c1C. The van der Waals surface area contributed by atoms with E-state index in [0.717, 1.165) is 24.2 Å². The molecule has 92 valence electrons. The summed E-state index contributed by atoms with van der Waals surface area (Å²) in [7, 11) is 0. The van der Waals surface area contributed by atoms with Crippen LogP contribution in [0.1, 0.15) is 41.3 Å². The number of benzene rings is 1. The number of hydrogen-bond donors (Lipinski definition) is 0. The van der Waals surface area contributed by atoms with E-state index >= 15 is 0 Å². The van der Waals surface area contributed by atoms with Crippen molar-refractivity contribution in [3.8, 4) is 0 Å². The highest BCUT2D eigenvalue weighted by Gasteiger charge is 2.25. The summed E-state index contributed by atoms with van der Waals surface area (Å²) in [6, 6.07) is 6.02. The first kappa shape index (κ1) is 12.3. The van der Waals surface area contributed by atoms with E-state index in [2.05, 4.69) is 17.9 Å². The lowest BCUT2D eigenvalue weighted by Crippen LogP contribution is -2.37. The molecule has 1 aliphatic heterocycles. The molecule has 1 saturated heterocycles. The van der Waals surface area contributed by atoms with Crippen LogP contribution in [0, 0.1) is 13.8 Å². The average Bonchev–Trinajstić information content (AvgIpc) is 2.84. The maximum Gasteiger partial charge on any atom is 0.179 e. The van der Waals surface area contributed by atoms with Crippen molar-refractivity contribution in [2.45, 2.75) is 39.7 Å². The van der Waals surface area contributed by atoms with Gasteiger partial charge in [0, 0.05) is 5.56 Å². The molecule has 1 heterocycles. The third-order valence-electron chi connectivity index (χ3n) is 3.94. The van der Waals surface area contributed by atoms with Crippen LogP contribution in [-0.2, 0) is 0 Å². The Kier molecular flexibility index (Phi) is 3.63. The van der Waals surface area contributed by atoms with Crippen LogP contribution in [0.25, 0.3) is 0 Å². The third-order valence-corrected chi connectivity index (χ3v) is 3.94. The molecule has 0 N–H and O–H groups in total. The highest BCUT2D eigenvalue weighted by atomic mass is 16.1. The summed E-state index contributed by atoms with van der Waals surface area (Å²) < 4.78 is 0. The number of rotatable bonds is 3. The number of aryl methyl sites for hydroxylation is 1. The number of ketones is 1. The number of hydrogen-bond acceptors (Lipinski definition) is 2. The summed E-state index contributed by atoms with van der Waals surface area (Å²) in [5.74, 6) is 0.271. The second kappa shape index (κ2) is 5.01. The fraction of sp³-hybridized carbons (Fsp3) is 0.533. The average molecular weight is 231 g/mol. The smallest absolute Gasteiger partial charge is 0.179 e. The molecule has 2 nitrogen and oxygen atoms in total. The van der Waals surface area contributed by atoms with E-state index in [4.69, 9.17) is 0 Å². The number of nitrogens with zero attached hydrogens (tertiary/aromatic N) is 1. The first-order valence-electron chi connectivity index (χ1n) is 6.45. The van der Waals surface area contributed by atoms with Gasteiger partial charge in [0.05, 0.1) is 6.04 Å². The maximum absolute atomic E-state index is 12.5. The lowest BCUT2D eigenvalue weighted by molar-refractivity contribution is 0.0866. The Hall–Kier alpha value is -1.15. The molecule has 2 rings (SSSR count). The van der Waals surface area contributed by atoms with Crippen molar-refractivity contribution in [3.05, 3.63) is 34.9 Å². The fourth-order valence-electron chi connectivity index (χ4n) is 2.54. The highest BCUT2D eigenvalue weighted by Crippen LogP contribution is 2.19. The molecule has 1 aromatic rings. The largest absolute Gasteiger partial charge is 0.294 e. The summed E-state index contributed by atoms with van der Waals surface area (Å²) in [6.07, 6.45) is 2.45. The Morgan fingerprint density at radius 2 is 1.88 bits per heavy atom. The quantitative estimate of drug-likeness (QED) is 0.745. The summed E-state index contributed by atoms with van der Waals surface area (Å²) in [5, 5.41) is 0. The summed E-state index contributed by atoms with van der Waals surface area (Å²) >= 11 is 0. The molecule has 0 spiro atoms. The topological polar surface area (TPSA) is 20.3 Å². The van der Waals surface area contributed by atoms with E-state index in [1.54, 1.807) is 0 Å². The minimum atomic E-state index is 0.0259. The van der Waals surface area contributed by atoms with Gasteiger partial charge in [-0.25, -0.2) is 0 Å². The van der Waals surface area contributed by atoms with Gasteiger partial charge < -0.3 is 0 Å². The number of likely N-dealkylation sites (tertiary alicyclic amines) is 1. The van der Waals surface area contributed by atoms with Crippen LogP contribution in [0.3, 0.4) is 0 Å². The van der Waals surface area contributed by atoms with Crippen LogP contribution in [0.2, 0.25) is 0 Å². The molecule has 2 heteroatoms. The van der Waals surface area contributed by atoms with E-state index in [0.29, 0.717) is 0 Å². The van der Waals surface area contributed by atoms with Crippen molar-refractivity contribution in [1.29, 1.82) is 0 Å². The lowest BCUT2D eigenvalue weighted by Gasteiger charge is -2.23. The van der Waals surface area contributed by atoms with Gasteiger partial charge in [0.2, 0.25) is 0 Å². The van der Waals surface area contributed by atoms with Crippen LogP contribution in [0.5, 0.6) is 0 Å². The van der Waals surface area contributed by atoms with Crippen LogP contribution in [-0.4, -0.2) is 29.8 Å². The molecule has 0 amide bonds. The van der Waals surface area contributed by atoms with Gasteiger partial charge in [-0.3, -0.25) is 9.69 Å². The first-order chi connectivity index (χ1) is 8.11. The molecule has 1 atom stereocenters. The normalized spacial score (nSPS) is 18.3. The van der Waals surface area contributed by atoms with Gasteiger partial charge in [0.15, 0.2) is 5.78 Å². The zero-order valence-electron chi connectivity index (χ0n) is 11.0. The zero-order valence-corrected chi connectivity index (χ0v) is 11.0. The molecule has 17 heavy (non-hydrogen) atoms. The zero-order chi connectivity index (χ0) is 12.4. The Balaban J connectivity index is 2.21. The van der Waals surface area contributed by atoms with Crippen molar-refractivity contribution in [3.63, 3.8) is 0 Å². The van der Waals surface area contributed by atoms with Gasteiger partial charge in [-0.1, -0.05) is 18.2 Å². The highest BCUT2D eigenvalue weighted by molar-refractivity contribution is 6.01. The van der Waals surface area contributed by atoms with Crippen molar-refractivity contribution in [1.82, 2.24) is 4.90 Å². The summed E-state index contributed by atoms with van der Waals surface area (Å²) in [6.45, 7) is 8.27.